The molecular weight excluding hydrogens is 435 g/mol. The lowest BCUT2D eigenvalue weighted by Gasteiger charge is -2.13. The zero-order valence-corrected chi connectivity index (χ0v) is 19.4. The monoisotopic (exact) mass is 465 g/mol. The molecule has 9 heteroatoms. The Morgan fingerprint density at radius 2 is 1.82 bits per heavy atom. The summed E-state index contributed by atoms with van der Waals surface area (Å²) in [6, 6.07) is 11.9. The van der Waals surface area contributed by atoms with Crippen molar-refractivity contribution in [2.75, 3.05) is 12.4 Å². The number of nitrogens with one attached hydrogen (secondary N) is 1. The van der Waals surface area contributed by atoms with E-state index in [1.807, 2.05) is 13.8 Å². The van der Waals surface area contributed by atoms with Crippen molar-refractivity contribution in [3.63, 3.8) is 0 Å². The van der Waals surface area contributed by atoms with Gasteiger partial charge in [-0.15, -0.1) is 0 Å². The second-order valence-electron chi connectivity index (χ2n) is 6.96. The van der Waals surface area contributed by atoms with Gasteiger partial charge < -0.3 is 14.8 Å². The van der Waals surface area contributed by atoms with Crippen LogP contribution in [0.4, 0.5) is 18.9 Å². The number of alkyl halides is 3. The van der Waals surface area contributed by atoms with E-state index in [-0.39, 0.29) is 24.1 Å². The number of ether oxygens (including phenoxy) is 2. The van der Waals surface area contributed by atoms with E-state index in [0.29, 0.717) is 17.1 Å². The number of aryl methyl sites for hydroxylation is 1. The van der Waals surface area contributed by atoms with Crippen molar-refractivity contribution in [2.45, 2.75) is 46.9 Å². The third-order valence-corrected chi connectivity index (χ3v) is 4.45. The van der Waals surface area contributed by atoms with Gasteiger partial charge in [-0.2, -0.15) is 5.10 Å². The number of hydrogen-bond acceptors (Lipinski definition) is 4. The molecule has 0 saturated heterocycles. The average Bonchev–Trinajstić information content (AvgIpc) is 3.11. The van der Waals surface area contributed by atoms with Crippen LogP contribution in [0.5, 0.6) is 11.6 Å². The number of carbonyl (C=O) groups excluding carboxylic acids is 1. The first-order chi connectivity index (χ1) is 15.6. The first-order valence-corrected chi connectivity index (χ1v) is 10.4. The number of aromatic nitrogens is 2. The molecule has 0 radical (unpaired) electrons. The number of amides is 1. The van der Waals surface area contributed by atoms with E-state index in [0.717, 1.165) is 6.92 Å². The Balaban J connectivity index is 0.00000188. The number of anilines is 1. The molecule has 6 nitrogen and oxygen atoms in total. The van der Waals surface area contributed by atoms with Crippen LogP contribution in [0.2, 0.25) is 0 Å². The van der Waals surface area contributed by atoms with Crippen molar-refractivity contribution in [3.8, 4) is 17.3 Å². The van der Waals surface area contributed by atoms with Crippen molar-refractivity contribution < 1.29 is 28.9 Å². The summed E-state index contributed by atoms with van der Waals surface area (Å²) >= 11 is 0. The topological polar surface area (TPSA) is 65.4 Å². The number of benzene rings is 2. The van der Waals surface area contributed by atoms with Gasteiger partial charge in [0, 0.05) is 26.5 Å². The van der Waals surface area contributed by atoms with Crippen molar-refractivity contribution in [3.05, 3.63) is 65.4 Å². The lowest BCUT2D eigenvalue weighted by atomic mass is 10.1. The largest absolute Gasteiger partial charge is 0.480 e. The zero-order chi connectivity index (χ0) is 24.8. The molecule has 0 bridgehead atoms. The molecule has 1 heterocycles. The van der Waals surface area contributed by atoms with Crippen LogP contribution >= 0.6 is 0 Å². The summed E-state index contributed by atoms with van der Waals surface area (Å²) in [5.41, 5.74) is 1.11. The van der Waals surface area contributed by atoms with Crippen molar-refractivity contribution in [1.29, 1.82) is 0 Å². The molecule has 0 aliphatic carbocycles. The Morgan fingerprint density at radius 1 is 1.18 bits per heavy atom. The Hall–Kier alpha value is -3.49. The second-order valence-corrected chi connectivity index (χ2v) is 6.96. The highest BCUT2D eigenvalue weighted by Crippen LogP contribution is 2.30. The molecule has 2 aromatic carbocycles. The Kier molecular flexibility index (Phi) is 8.50. The van der Waals surface area contributed by atoms with Crippen LogP contribution in [-0.4, -0.2) is 29.2 Å². The Bertz CT molecular complexity index is 1080. The van der Waals surface area contributed by atoms with Gasteiger partial charge in [0.1, 0.15) is 11.3 Å². The van der Waals surface area contributed by atoms with E-state index in [4.69, 9.17) is 9.47 Å². The maximum Gasteiger partial charge on any atom is 0.270 e. The minimum atomic E-state index is -3.03. The summed E-state index contributed by atoms with van der Waals surface area (Å²) in [5.74, 6) is -3.08. The molecule has 180 valence electrons. The third kappa shape index (κ3) is 6.27. The Labute approximate surface area is 192 Å². The van der Waals surface area contributed by atoms with Crippen LogP contribution in [0, 0.1) is 6.92 Å². The predicted molar refractivity (Wildman–Crippen MR) is 123 cm³/mol. The van der Waals surface area contributed by atoms with Gasteiger partial charge in [0.25, 0.3) is 11.8 Å². The van der Waals surface area contributed by atoms with Gasteiger partial charge >= 0.3 is 0 Å². The molecule has 0 aliphatic rings. The van der Waals surface area contributed by atoms with Crippen LogP contribution in [0.25, 0.3) is 5.69 Å². The summed E-state index contributed by atoms with van der Waals surface area (Å²) in [6.07, 6.45) is -1.45. The molecule has 1 N–H and O–H groups in total. The maximum atomic E-state index is 13.6. The first kappa shape index (κ1) is 25.8. The van der Waals surface area contributed by atoms with Gasteiger partial charge in [-0.3, -0.25) is 4.79 Å². The van der Waals surface area contributed by atoms with Crippen molar-refractivity contribution >= 4 is 11.6 Å². The molecule has 1 amide bonds. The fourth-order valence-corrected chi connectivity index (χ4v) is 3.05. The van der Waals surface area contributed by atoms with Crippen LogP contribution in [0.1, 0.15) is 50.7 Å². The number of hydrogen-bond donors (Lipinski definition) is 1. The SMILES string of the molecule is CC.COc1c(C(=O)Nc2cccc(C(C)(F)F)c2)c(C)nn1-c1ccc(OC(C)F)cc1.[HH]. The lowest BCUT2D eigenvalue weighted by molar-refractivity contribution is 0.0175. The molecular formula is C24H30F3N3O3. The fourth-order valence-electron chi connectivity index (χ4n) is 3.05. The van der Waals surface area contributed by atoms with Gasteiger partial charge in [0.2, 0.25) is 12.2 Å². The normalized spacial score (nSPS) is 11.8. The highest BCUT2D eigenvalue weighted by Gasteiger charge is 2.26. The van der Waals surface area contributed by atoms with Gasteiger partial charge in [-0.1, -0.05) is 26.0 Å². The van der Waals surface area contributed by atoms with Crippen LogP contribution in [0.15, 0.2) is 48.5 Å². The molecule has 0 aliphatic heterocycles. The van der Waals surface area contributed by atoms with E-state index < -0.39 is 18.2 Å². The summed E-state index contributed by atoms with van der Waals surface area (Å²) in [5, 5.41) is 6.97. The number of halogens is 3. The smallest absolute Gasteiger partial charge is 0.270 e. The van der Waals surface area contributed by atoms with E-state index >= 15 is 0 Å². The number of nitrogens with zero attached hydrogens (tertiary/aromatic N) is 2. The number of methoxy groups -OCH3 is 1. The highest BCUT2D eigenvalue weighted by atomic mass is 19.3. The third-order valence-electron chi connectivity index (χ3n) is 4.45. The molecule has 0 spiro atoms. The van der Waals surface area contributed by atoms with Gasteiger partial charge in [-0.05, 0) is 43.3 Å². The van der Waals surface area contributed by atoms with Gasteiger partial charge in [-0.25, -0.2) is 17.9 Å². The summed E-state index contributed by atoms with van der Waals surface area (Å²) < 4.78 is 52.0. The summed E-state index contributed by atoms with van der Waals surface area (Å²) in [6.45, 7) is 7.69. The molecule has 0 fully saturated rings. The first-order valence-electron chi connectivity index (χ1n) is 10.4. The lowest BCUT2D eigenvalue weighted by Crippen LogP contribution is -2.15. The molecule has 1 atom stereocenters. The van der Waals surface area contributed by atoms with E-state index in [1.165, 1.54) is 43.0 Å². The molecule has 1 aromatic heterocycles. The summed E-state index contributed by atoms with van der Waals surface area (Å²) in [7, 11) is 1.39. The minimum Gasteiger partial charge on any atom is -0.480 e. The van der Waals surface area contributed by atoms with Crippen molar-refractivity contribution in [2.24, 2.45) is 0 Å². The summed E-state index contributed by atoms with van der Waals surface area (Å²) in [4.78, 5) is 12.9. The van der Waals surface area contributed by atoms with Crippen LogP contribution in [0.3, 0.4) is 0 Å². The van der Waals surface area contributed by atoms with Crippen molar-refractivity contribution in [1.82, 2.24) is 9.78 Å². The Morgan fingerprint density at radius 3 is 2.36 bits per heavy atom. The quantitative estimate of drug-likeness (QED) is 0.431. The predicted octanol–water partition coefficient (Wildman–Crippen LogP) is 6.52. The van der Waals surface area contributed by atoms with E-state index in [9.17, 15) is 18.0 Å². The van der Waals surface area contributed by atoms with Gasteiger partial charge in [0.15, 0.2) is 0 Å². The maximum absolute atomic E-state index is 13.6. The van der Waals surface area contributed by atoms with Crippen LogP contribution < -0.4 is 14.8 Å². The van der Waals surface area contributed by atoms with E-state index in [1.54, 1.807) is 31.2 Å². The number of rotatable bonds is 7. The second kappa shape index (κ2) is 10.9. The highest BCUT2D eigenvalue weighted by molar-refractivity contribution is 6.06. The standard InChI is InChI=1S/C22H22F3N3O3.C2H6.H2/c1-13-19(20(29)26-16-7-5-6-15(12-16)22(3,24)25)21(30-4)28(27-13)17-8-10-18(11-9-17)31-14(2)23;1-2;/h5-12,14H,1-4H3,(H,26,29);1-2H3;1H. The fraction of sp³-hybridized carbons (Fsp3) is 0.333. The molecule has 1 unspecified atom stereocenters. The number of carbonyl (C=O) groups is 1. The van der Waals surface area contributed by atoms with Crippen LogP contribution in [-0.2, 0) is 5.92 Å². The van der Waals surface area contributed by atoms with Gasteiger partial charge in [0.05, 0.1) is 18.5 Å². The average molecular weight is 466 g/mol. The molecule has 3 rings (SSSR count). The molecule has 33 heavy (non-hydrogen) atoms. The molecule has 3 aromatic rings. The van der Waals surface area contributed by atoms with E-state index in [2.05, 4.69) is 10.4 Å². The molecule has 0 saturated carbocycles. The minimum absolute atomic E-state index is 0. The zero-order valence-electron chi connectivity index (χ0n) is 19.4.